The topological polar surface area (TPSA) is 110 Å². The van der Waals surface area contributed by atoms with Crippen molar-refractivity contribution >= 4 is 63.0 Å². The van der Waals surface area contributed by atoms with Crippen LogP contribution in [-0.2, 0) is 11.4 Å². The lowest BCUT2D eigenvalue weighted by molar-refractivity contribution is -0.118. The van der Waals surface area contributed by atoms with Crippen molar-refractivity contribution in [1.82, 2.24) is 15.6 Å². The number of rotatable bonds is 8. The number of benzene rings is 2. The maximum absolute atomic E-state index is 11.9. The normalized spacial score (nSPS) is 11.0. The molecule has 0 fully saturated rings. The Bertz CT molecular complexity index is 1080. The van der Waals surface area contributed by atoms with E-state index in [2.05, 4.69) is 36.7 Å². The van der Waals surface area contributed by atoms with E-state index < -0.39 is 0 Å². The minimum atomic E-state index is -0.349. The predicted octanol–water partition coefficient (Wildman–Crippen LogP) is 4.67. The molecule has 0 spiro atoms. The summed E-state index contributed by atoms with van der Waals surface area (Å²) in [6.07, 6.45) is 1.46. The third kappa shape index (κ3) is 6.63. The van der Waals surface area contributed by atoms with E-state index in [9.17, 15) is 9.90 Å². The Balaban J connectivity index is 1.43. The van der Waals surface area contributed by atoms with Crippen LogP contribution in [0.2, 0.25) is 10.0 Å². The second-order valence-electron chi connectivity index (χ2n) is 5.62. The van der Waals surface area contributed by atoms with E-state index in [-0.39, 0.29) is 35.1 Å². The van der Waals surface area contributed by atoms with Crippen molar-refractivity contribution in [2.24, 2.45) is 5.10 Å². The lowest BCUT2D eigenvalue weighted by Gasteiger charge is -2.05. The number of nitrogens with one attached hydrogen (secondary N) is 1. The van der Waals surface area contributed by atoms with E-state index >= 15 is 0 Å². The first-order chi connectivity index (χ1) is 14.4. The summed E-state index contributed by atoms with van der Waals surface area (Å²) in [5.74, 6) is 0.472. The van der Waals surface area contributed by atoms with E-state index in [1.54, 1.807) is 30.3 Å². The molecule has 0 saturated heterocycles. The van der Waals surface area contributed by atoms with Gasteiger partial charge in [-0.2, -0.15) is 5.10 Å². The molecular formula is C18H13BrCl2N4O4S. The fourth-order valence-electron chi connectivity index (χ4n) is 2.03. The molecule has 0 aliphatic heterocycles. The second kappa shape index (κ2) is 10.7. The number of halogens is 3. The highest BCUT2D eigenvalue weighted by atomic mass is 79.9. The third-order valence-electron chi connectivity index (χ3n) is 3.39. The van der Waals surface area contributed by atoms with Gasteiger partial charge in [-0.1, -0.05) is 35.0 Å². The molecule has 0 bridgehead atoms. The molecule has 0 radical (unpaired) electrons. The Labute approximate surface area is 193 Å². The van der Waals surface area contributed by atoms with Crippen LogP contribution < -0.4 is 10.2 Å². The number of nitrogens with zero attached hydrogens (tertiary/aromatic N) is 3. The molecule has 0 aliphatic rings. The molecule has 1 heterocycles. The quantitative estimate of drug-likeness (QED) is 0.247. The highest BCUT2D eigenvalue weighted by Crippen LogP contribution is 2.28. The predicted molar refractivity (Wildman–Crippen MR) is 117 cm³/mol. The van der Waals surface area contributed by atoms with Gasteiger partial charge in [-0.25, -0.2) is 5.43 Å². The van der Waals surface area contributed by atoms with E-state index in [1.807, 2.05) is 0 Å². The number of hydrogen-bond acceptors (Lipinski definition) is 8. The van der Waals surface area contributed by atoms with Gasteiger partial charge in [0.05, 0.1) is 21.5 Å². The molecular weight excluding hydrogens is 519 g/mol. The molecule has 8 nitrogen and oxygen atoms in total. The van der Waals surface area contributed by atoms with E-state index in [4.69, 9.17) is 32.4 Å². The highest BCUT2D eigenvalue weighted by Gasteiger charge is 2.11. The van der Waals surface area contributed by atoms with Gasteiger partial charge in [0.25, 0.3) is 17.0 Å². The average Bonchev–Trinajstić information content (AvgIpc) is 3.16. The molecule has 156 valence electrons. The summed E-state index contributed by atoms with van der Waals surface area (Å²) in [6, 6.07) is 9.69. The molecule has 1 aromatic heterocycles. The van der Waals surface area contributed by atoms with Gasteiger partial charge in [0.2, 0.25) is 0 Å². The lowest BCUT2D eigenvalue weighted by Crippen LogP contribution is -2.19. The van der Waals surface area contributed by atoms with Crippen molar-refractivity contribution in [2.75, 3.05) is 5.75 Å². The number of phenolic OH excluding ortho intramolecular Hbond substituents is 1. The molecule has 3 rings (SSSR count). The molecule has 0 unspecified atom stereocenters. The fraction of sp³-hybridized carbons (Fsp3) is 0.111. The number of aromatic nitrogens is 2. The first-order valence-corrected chi connectivity index (χ1v) is 10.8. The summed E-state index contributed by atoms with van der Waals surface area (Å²) in [5.41, 5.74) is 3.10. The Hall–Kier alpha value is -2.27. The van der Waals surface area contributed by atoms with Crippen LogP contribution in [0.1, 0.15) is 11.5 Å². The van der Waals surface area contributed by atoms with Crippen molar-refractivity contribution in [3.05, 3.63) is 62.4 Å². The first-order valence-electron chi connectivity index (χ1n) is 8.24. The van der Waals surface area contributed by atoms with Crippen LogP contribution in [0.15, 0.2) is 55.6 Å². The maximum Gasteiger partial charge on any atom is 0.277 e. The van der Waals surface area contributed by atoms with Crippen LogP contribution in [-0.4, -0.2) is 33.2 Å². The highest BCUT2D eigenvalue weighted by molar-refractivity contribution is 9.10. The van der Waals surface area contributed by atoms with Crippen molar-refractivity contribution < 1.29 is 19.1 Å². The zero-order valence-corrected chi connectivity index (χ0v) is 18.9. The molecule has 0 atom stereocenters. The van der Waals surface area contributed by atoms with Crippen LogP contribution in [0.25, 0.3) is 0 Å². The fourth-order valence-corrected chi connectivity index (χ4v) is 3.46. The summed E-state index contributed by atoms with van der Waals surface area (Å²) in [6.45, 7) is 0.0214. The van der Waals surface area contributed by atoms with Crippen LogP contribution in [0.3, 0.4) is 0 Å². The first kappa shape index (κ1) is 22.4. The zero-order chi connectivity index (χ0) is 21.5. The van der Waals surface area contributed by atoms with Gasteiger partial charge >= 0.3 is 0 Å². The summed E-state index contributed by atoms with van der Waals surface area (Å²) in [4.78, 5) is 11.9. The van der Waals surface area contributed by atoms with Gasteiger partial charge in [0.15, 0.2) is 6.61 Å². The summed E-state index contributed by atoms with van der Waals surface area (Å²) in [5, 5.41) is 22.1. The monoisotopic (exact) mass is 530 g/mol. The van der Waals surface area contributed by atoms with Gasteiger partial charge in [-0.05, 0) is 57.9 Å². The number of phenols is 1. The van der Waals surface area contributed by atoms with Crippen LogP contribution in [0, 0.1) is 0 Å². The lowest BCUT2D eigenvalue weighted by atomic mass is 10.2. The number of hydrogen-bond donors (Lipinski definition) is 2. The number of carbonyl (C=O) groups excluding carboxylic acids is 1. The molecule has 30 heavy (non-hydrogen) atoms. The number of ether oxygens (including phenoxy) is 1. The molecule has 0 saturated carbocycles. The molecule has 0 aliphatic carbocycles. The second-order valence-corrected chi connectivity index (χ2v) is 8.24. The third-order valence-corrected chi connectivity index (χ3v) is 5.38. The largest absolute Gasteiger partial charge is 0.507 e. The zero-order valence-electron chi connectivity index (χ0n) is 15.0. The molecule has 2 aromatic carbocycles. The minimum Gasteiger partial charge on any atom is -0.507 e. The number of aromatic hydroxyl groups is 1. The summed E-state index contributed by atoms with van der Waals surface area (Å²) >= 11 is 16.1. The Morgan fingerprint density at radius 1 is 1.30 bits per heavy atom. The van der Waals surface area contributed by atoms with Crippen molar-refractivity contribution in [3.63, 3.8) is 0 Å². The number of carbonyl (C=O) groups is 1. The van der Waals surface area contributed by atoms with Gasteiger partial charge in [0, 0.05) is 5.02 Å². The molecule has 12 heteroatoms. The maximum atomic E-state index is 11.9. The van der Waals surface area contributed by atoms with Crippen LogP contribution >= 0.6 is 50.9 Å². The minimum absolute atomic E-state index is 0.0214. The Morgan fingerprint density at radius 2 is 2.13 bits per heavy atom. The number of hydrazone groups is 1. The number of thioether (sulfide) groups is 1. The Morgan fingerprint density at radius 3 is 2.90 bits per heavy atom. The SMILES string of the molecule is O=C(CSc1nnc(COc2ccc(Cl)cc2Cl)o1)N/N=C\c1ccc(O)c(Br)c1. The summed E-state index contributed by atoms with van der Waals surface area (Å²) in [7, 11) is 0. The van der Waals surface area contributed by atoms with Crippen molar-refractivity contribution in [3.8, 4) is 11.5 Å². The molecule has 2 N–H and O–H groups in total. The van der Waals surface area contributed by atoms with Gasteiger partial charge in [0.1, 0.15) is 11.5 Å². The van der Waals surface area contributed by atoms with E-state index in [0.717, 1.165) is 11.8 Å². The molecule has 3 aromatic rings. The number of amides is 1. The Kier molecular flexibility index (Phi) is 7.97. The van der Waals surface area contributed by atoms with Crippen molar-refractivity contribution in [2.45, 2.75) is 11.8 Å². The van der Waals surface area contributed by atoms with Gasteiger partial charge in [-0.15, -0.1) is 10.2 Å². The van der Waals surface area contributed by atoms with E-state index in [0.29, 0.717) is 25.8 Å². The van der Waals surface area contributed by atoms with Crippen LogP contribution in [0.4, 0.5) is 0 Å². The van der Waals surface area contributed by atoms with E-state index in [1.165, 1.54) is 12.3 Å². The summed E-state index contributed by atoms with van der Waals surface area (Å²) < 4.78 is 11.5. The average molecular weight is 532 g/mol. The standard InChI is InChI=1S/C18H13BrCl2N4O4S/c19-12-5-10(1-3-14(12)26)7-22-23-16(27)9-30-18-25-24-17(29-18)8-28-15-4-2-11(20)6-13(15)21/h1-7,26H,8-9H2,(H,23,27)/b22-7-. The molecule has 1 amide bonds. The van der Waals surface area contributed by atoms with Crippen molar-refractivity contribution in [1.29, 1.82) is 0 Å². The van der Waals surface area contributed by atoms with Gasteiger partial charge in [-0.3, -0.25) is 4.79 Å². The smallest absolute Gasteiger partial charge is 0.277 e. The van der Waals surface area contributed by atoms with Crippen LogP contribution in [0.5, 0.6) is 11.5 Å². The van der Waals surface area contributed by atoms with Gasteiger partial charge < -0.3 is 14.3 Å².